The molecule has 21 heavy (non-hydrogen) atoms. The van der Waals surface area contributed by atoms with E-state index in [1.54, 1.807) is 26.8 Å². The summed E-state index contributed by atoms with van der Waals surface area (Å²) in [6.45, 7) is 5.24. The summed E-state index contributed by atoms with van der Waals surface area (Å²) in [6.07, 6.45) is -0.645. The third kappa shape index (κ3) is 5.24. The monoisotopic (exact) mass is 314 g/mol. The van der Waals surface area contributed by atoms with Crippen molar-refractivity contribution in [3.63, 3.8) is 0 Å². The molecule has 0 fully saturated rings. The molecule has 1 rings (SSSR count). The standard InChI is InChI=1S/C14H19ClN2O4/c1-14(2,3)21-13(19)17-10-7-8(5-6-9(10)15)11(16)12(18)20-4/h5-7,11H,16H2,1-4H3,(H,17,19). The van der Waals surface area contributed by atoms with Crippen LogP contribution in [0.1, 0.15) is 32.4 Å². The molecule has 1 unspecified atom stereocenters. The summed E-state index contributed by atoms with van der Waals surface area (Å²) in [5, 5.41) is 2.83. The molecule has 0 bridgehead atoms. The number of nitrogens with two attached hydrogens (primary N) is 1. The number of nitrogens with one attached hydrogen (secondary N) is 1. The van der Waals surface area contributed by atoms with E-state index >= 15 is 0 Å². The van der Waals surface area contributed by atoms with Crippen molar-refractivity contribution >= 4 is 29.4 Å². The maximum Gasteiger partial charge on any atom is 0.412 e. The van der Waals surface area contributed by atoms with Crippen LogP contribution < -0.4 is 11.1 Å². The number of carbonyl (C=O) groups excluding carboxylic acids is 2. The first-order valence-electron chi connectivity index (χ1n) is 6.27. The summed E-state index contributed by atoms with van der Waals surface area (Å²) in [5.41, 5.74) is 5.89. The Kier molecular flexibility index (Phi) is 5.57. The van der Waals surface area contributed by atoms with Crippen molar-refractivity contribution in [3.8, 4) is 0 Å². The Hall–Kier alpha value is -1.79. The molecule has 0 aliphatic heterocycles. The first-order valence-corrected chi connectivity index (χ1v) is 6.64. The van der Waals surface area contributed by atoms with Crippen molar-refractivity contribution in [1.29, 1.82) is 0 Å². The fraction of sp³-hybridized carbons (Fsp3) is 0.429. The van der Waals surface area contributed by atoms with E-state index in [2.05, 4.69) is 10.1 Å². The normalized spacial score (nSPS) is 12.5. The first kappa shape index (κ1) is 17.3. The van der Waals surface area contributed by atoms with Crippen LogP contribution in [0.3, 0.4) is 0 Å². The number of hydrogen-bond donors (Lipinski definition) is 2. The van der Waals surface area contributed by atoms with Crippen LogP contribution in [0.15, 0.2) is 18.2 Å². The Morgan fingerprint density at radius 2 is 1.95 bits per heavy atom. The van der Waals surface area contributed by atoms with Gasteiger partial charge in [-0.3, -0.25) is 10.1 Å². The molecule has 3 N–H and O–H groups in total. The van der Waals surface area contributed by atoms with Gasteiger partial charge in [-0.2, -0.15) is 0 Å². The van der Waals surface area contributed by atoms with Crippen molar-refractivity contribution in [1.82, 2.24) is 0 Å². The van der Waals surface area contributed by atoms with Gasteiger partial charge in [0, 0.05) is 0 Å². The number of esters is 1. The zero-order valence-corrected chi connectivity index (χ0v) is 13.2. The van der Waals surface area contributed by atoms with Crippen molar-refractivity contribution in [3.05, 3.63) is 28.8 Å². The summed E-state index contributed by atoms with van der Waals surface area (Å²) in [5.74, 6) is -0.583. The highest BCUT2D eigenvalue weighted by molar-refractivity contribution is 6.33. The van der Waals surface area contributed by atoms with E-state index in [4.69, 9.17) is 22.1 Å². The third-order valence-electron chi connectivity index (χ3n) is 2.44. The van der Waals surface area contributed by atoms with E-state index in [9.17, 15) is 9.59 Å². The molecule has 0 spiro atoms. The quantitative estimate of drug-likeness (QED) is 0.837. The topological polar surface area (TPSA) is 90.6 Å². The minimum Gasteiger partial charge on any atom is -0.468 e. The van der Waals surface area contributed by atoms with Gasteiger partial charge in [0.05, 0.1) is 17.8 Å². The molecule has 0 saturated carbocycles. The van der Waals surface area contributed by atoms with Gasteiger partial charge >= 0.3 is 12.1 Å². The summed E-state index contributed by atoms with van der Waals surface area (Å²) < 4.78 is 9.71. The zero-order chi connectivity index (χ0) is 16.2. The molecular weight excluding hydrogens is 296 g/mol. The molecule has 0 aromatic heterocycles. The smallest absolute Gasteiger partial charge is 0.412 e. The molecule has 0 radical (unpaired) electrons. The molecule has 0 aliphatic rings. The van der Waals surface area contributed by atoms with E-state index in [1.165, 1.54) is 19.2 Å². The number of ether oxygens (including phenoxy) is 2. The number of methoxy groups -OCH3 is 1. The number of amides is 1. The average Bonchev–Trinajstić information content (AvgIpc) is 2.37. The molecule has 0 heterocycles. The van der Waals surface area contributed by atoms with Gasteiger partial charge in [-0.05, 0) is 38.5 Å². The summed E-state index contributed by atoms with van der Waals surface area (Å²) in [7, 11) is 1.25. The van der Waals surface area contributed by atoms with E-state index in [1.807, 2.05) is 0 Å². The van der Waals surface area contributed by atoms with E-state index in [-0.39, 0.29) is 0 Å². The Balaban J connectivity index is 2.93. The van der Waals surface area contributed by atoms with Crippen molar-refractivity contribution in [2.75, 3.05) is 12.4 Å². The second-order valence-corrected chi connectivity index (χ2v) is 5.77. The predicted molar refractivity (Wildman–Crippen MR) is 80.3 cm³/mol. The second-order valence-electron chi connectivity index (χ2n) is 5.37. The number of anilines is 1. The van der Waals surface area contributed by atoms with Crippen LogP contribution in [0.2, 0.25) is 5.02 Å². The van der Waals surface area contributed by atoms with Gasteiger partial charge < -0.3 is 15.2 Å². The van der Waals surface area contributed by atoms with Crippen LogP contribution in [0.4, 0.5) is 10.5 Å². The number of benzene rings is 1. The summed E-state index contributed by atoms with van der Waals surface area (Å²) >= 11 is 6.00. The van der Waals surface area contributed by atoms with Gasteiger partial charge in [0.25, 0.3) is 0 Å². The van der Waals surface area contributed by atoms with Gasteiger partial charge in [0.2, 0.25) is 0 Å². The lowest BCUT2D eigenvalue weighted by atomic mass is 10.1. The Bertz CT molecular complexity index is 540. The van der Waals surface area contributed by atoms with Crippen LogP contribution in [0, 0.1) is 0 Å². The van der Waals surface area contributed by atoms with Crippen LogP contribution >= 0.6 is 11.6 Å². The van der Waals surface area contributed by atoms with Gasteiger partial charge in [-0.15, -0.1) is 0 Å². The SMILES string of the molecule is COC(=O)C(N)c1ccc(Cl)c(NC(=O)OC(C)(C)C)c1. The minimum atomic E-state index is -0.952. The zero-order valence-electron chi connectivity index (χ0n) is 12.4. The highest BCUT2D eigenvalue weighted by atomic mass is 35.5. The van der Waals surface area contributed by atoms with Crippen LogP contribution in [-0.2, 0) is 14.3 Å². The molecule has 1 amide bonds. The lowest BCUT2D eigenvalue weighted by molar-refractivity contribution is -0.142. The third-order valence-corrected chi connectivity index (χ3v) is 2.77. The van der Waals surface area contributed by atoms with Crippen LogP contribution in [-0.4, -0.2) is 24.8 Å². The van der Waals surface area contributed by atoms with E-state index in [0.29, 0.717) is 16.3 Å². The summed E-state index contributed by atoms with van der Waals surface area (Å²) in [6, 6.07) is 3.68. The van der Waals surface area contributed by atoms with Gasteiger partial charge in [0.1, 0.15) is 11.6 Å². The molecule has 6 nitrogen and oxygen atoms in total. The van der Waals surface area contributed by atoms with Gasteiger partial charge in [-0.25, -0.2) is 4.79 Å². The number of halogens is 1. The summed E-state index contributed by atoms with van der Waals surface area (Å²) in [4.78, 5) is 23.2. The first-order chi connectivity index (χ1) is 9.64. The Labute approximate surface area is 128 Å². The molecule has 7 heteroatoms. The second kappa shape index (κ2) is 6.78. The highest BCUT2D eigenvalue weighted by Gasteiger charge is 2.20. The van der Waals surface area contributed by atoms with Crippen LogP contribution in [0.5, 0.6) is 0 Å². The molecule has 1 aromatic rings. The fourth-order valence-corrected chi connectivity index (χ4v) is 1.67. The van der Waals surface area contributed by atoms with Crippen molar-refractivity contribution < 1.29 is 19.1 Å². The van der Waals surface area contributed by atoms with Crippen molar-refractivity contribution in [2.45, 2.75) is 32.4 Å². The number of hydrogen-bond acceptors (Lipinski definition) is 5. The van der Waals surface area contributed by atoms with E-state index in [0.717, 1.165) is 0 Å². The molecular formula is C14H19ClN2O4. The lowest BCUT2D eigenvalue weighted by Gasteiger charge is -2.20. The van der Waals surface area contributed by atoms with Crippen LogP contribution in [0.25, 0.3) is 0 Å². The maximum atomic E-state index is 11.7. The maximum absolute atomic E-state index is 11.7. The molecule has 1 aromatic carbocycles. The largest absolute Gasteiger partial charge is 0.468 e. The van der Waals surface area contributed by atoms with Gasteiger partial charge in [-0.1, -0.05) is 17.7 Å². The highest BCUT2D eigenvalue weighted by Crippen LogP contribution is 2.26. The Morgan fingerprint density at radius 1 is 1.33 bits per heavy atom. The lowest BCUT2D eigenvalue weighted by Crippen LogP contribution is -2.27. The van der Waals surface area contributed by atoms with Crippen molar-refractivity contribution in [2.24, 2.45) is 5.73 Å². The fourth-order valence-electron chi connectivity index (χ4n) is 1.51. The molecule has 1 atom stereocenters. The minimum absolute atomic E-state index is 0.307. The van der Waals surface area contributed by atoms with E-state index < -0.39 is 23.7 Å². The molecule has 0 aliphatic carbocycles. The van der Waals surface area contributed by atoms with Gasteiger partial charge in [0.15, 0.2) is 0 Å². The average molecular weight is 315 g/mol. The predicted octanol–water partition coefficient (Wildman–Crippen LogP) is 2.86. The molecule has 0 saturated heterocycles. The number of carbonyl (C=O) groups is 2. The molecule has 116 valence electrons. The number of rotatable bonds is 3. The Morgan fingerprint density at radius 3 is 2.48 bits per heavy atom.